The number of nitrogens with zero attached hydrogens (tertiary/aromatic N) is 2. The molecule has 21 heavy (non-hydrogen) atoms. The lowest BCUT2D eigenvalue weighted by Crippen LogP contribution is -2.16. The second-order valence-corrected chi connectivity index (χ2v) is 6.70. The Labute approximate surface area is 131 Å². The van der Waals surface area contributed by atoms with Crippen LogP contribution in [0.3, 0.4) is 0 Å². The monoisotopic (exact) mass is 304 g/mol. The van der Waals surface area contributed by atoms with Gasteiger partial charge in [-0.05, 0) is 26.0 Å². The van der Waals surface area contributed by atoms with E-state index in [1.165, 1.54) is 0 Å². The van der Waals surface area contributed by atoms with Crippen LogP contribution in [0.15, 0.2) is 30.3 Å². The van der Waals surface area contributed by atoms with E-state index in [4.69, 9.17) is 16.3 Å². The zero-order valence-corrected chi connectivity index (χ0v) is 13.9. The smallest absolute Gasteiger partial charge is 0.136 e. The molecular weight excluding hydrogens is 284 g/mol. The molecule has 0 aliphatic carbocycles. The lowest BCUT2D eigenvalue weighted by Gasteiger charge is -2.19. The molecule has 0 N–H and O–H groups in total. The Balaban J connectivity index is 2.54. The molecule has 3 nitrogen and oxygen atoms in total. The van der Waals surface area contributed by atoms with Gasteiger partial charge in [0.15, 0.2) is 0 Å². The van der Waals surface area contributed by atoms with Crippen molar-refractivity contribution in [1.29, 1.82) is 0 Å². The van der Waals surface area contributed by atoms with Gasteiger partial charge < -0.3 is 4.74 Å². The average molecular weight is 305 g/mol. The van der Waals surface area contributed by atoms with Crippen LogP contribution in [-0.2, 0) is 5.41 Å². The van der Waals surface area contributed by atoms with E-state index in [1.54, 1.807) is 6.07 Å². The summed E-state index contributed by atoms with van der Waals surface area (Å²) >= 11 is 6.17. The van der Waals surface area contributed by atoms with Crippen LogP contribution in [0.5, 0.6) is 5.75 Å². The van der Waals surface area contributed by atoms with Gasteiger partial charge in [0.2, 0.25) is 0 Å². The predicted molar refractivity (Wildman–Crippen MR) is 86.9 cm³/mol. The first kappa shape index (κ1) is 15.8. The number of halogens is 1. The summed E-state index contributed by atoms with van der Waals surface area (Å²) in [5.74, 6) is 1.53. The summed E-state index contributed by atoms with van der Waals surface area (Å²) in [6.45, 7) is 10.2. The predicted octanol–water partition coefficient (Wildman–Crippen LogP) is 4.88. The maximum atomic E-state index is 6.17. The summed E-state index contributed by atoms with van der Waals surface area (Å²) in [4.78, 5) is 9.00. The number of benzene rings is 1. The van der Waals surface area contributed by atoms with Gasteiger partial charge in [0.05, 0.1) is 11.8 Å². The first-order valence-electron chi connectivity index (χ1n) is 7.08. The number of hydrogen-bond acceptors (Lipinski definition) is 3. The van der Waals surface area contributed by atoms with Crippen LogP contribution >= 0.6 is 11.6 Å². The summed E-state index contributed by atoms with van der Waals surface area (Å²) in [6.07, 6.45) is 0.102. The van der Waals surface area contributed by atoms with E-state index in [0.717, 1.165) is 22.8 Å². The summed E-state index contributed by atoms with van der Waals surface area (Å²) in [5.41, 5.74) is 1.56. The minimum absolute atomic E-state index is 0.102. The topological polar surface area (TPSA) is 35.0 Å². The Morgan fingerprint density at radius 1 is 1.10 bits per heavy atom. The molecule has 2 rings (SSSR count). The molecule has 1 aromatic carbocycles. The number of ether oxygens (including phenoxy) is 1. The molecule has 0 saturated heterocycles. The van der Waals surface area contributed by atoms with Crippen LogP contribution in [0.2, 0.25) is 5.15 Å². The second kappa shape index (κ2) is 6.02. The minimum Gasteiger partial charge on any atom is -0.490 e. The van der Waals surface area contributed by atoms with E-state index in [2.05, 4.69) is 30.7 Å². The molecule has 0 fully saturated rings. The van der Waals surface area contributed by atoms with Crippen LogP contribution in [-0.4, -0.2) is 16.1 Å². The highest BCUT2D eigenvalue weighted by molar-refractivity contribution is 6.29. The van der Waals surface area contributed by atoms with Crippen molar-refractivity contribution in [2.45, 2.75) is 46.1 Å². The highest BCUT2D eigenvalue weighted by Gasteiger charge is 2.20. The number of para-hydroxylation sites is 1. The summed E-state index contributed by atoms with van der Waals surface area (Å²) in [6, 6.07) is 9.63. The minimum atomic E-state index is -0.159. The van der Waals surface area contributed by atoms with E-state index in [0.29, 0.717) is 5.15 Å². The molecule has 1 aromatic heterocycles. The Morgan fingerprint density at radius 3 is 2.38 bits per heavy atom. The zero-order chi connectivity index (χ0) is 15.6. The van der Waals surface area contributed by atoms with Gasteiger partial charge >= 0.3 is 0 Å². The van der Waals surface area contributed by atoms with Crippen molar-refractivity contribution in [1.82, 2.24) is 9.97 Å². The molecule has 112 valence electrons. The van der Waals surface area contributed by atoms with E-state index < -0.39 is 0 Å². The number of aromatic nitrogens is 2. The molecule has 0 atom stereocenters. The van der Waals surface area contributed by atoms with E-state index >= 15 is 0 Å². The van der Waals surface area contributed by atoms with E-state index in [1.807, 2.05) is 38.1 Å². The van der Waals surface area contributed by atoms with E-state index in [-0.39, 0.29) is 11.5 Å². The van der Waals surface area contributed by atoms with Gasteiger partial charge in [0, 0.05) is 17.0 Å². The summed E-state index contributed by atoms with van der Waals surface area (Å²) in [5, 5.41) is 0.448. The summed E-state index contributed by atoms with van der Waals surface area (Å²) < 4.78 is 5.86. The molecule has 4 heteroatoms. The van der Waals surface area contributed by atoms with Crippen molar-refractivity contribution < 1.29 is 4.74 Å². The van der Waals surface area contributed by atoms with Crippen LogP contribution in [0, 0.1) is 0 Å². The van der Waals surface area contributed by atoms with Gasteiger partial charge in [0.25, 0.3) is 0 Å². The highest BCUT2D eigenvalue weighted by Crippen LogP contribution is 2.32. The molecule has 1 heterocycles. The quantitative estimate of drug-likeness (QED) is 0.758. The standard InChI is InChI=1S/C17H21ClN2O/c1-11(2)21-14-9-7-6-8-12(14)13-10-15(18)20-16(19-13)17(3,4)5/h6-11H,1-5H3. The van der Waals surface area contributed by atoms with E-state index in [9.17, 15) is 0 Å². The van der Waals surface area contributed by atoms with Gasteiger partial charge in [-0.25, -0.2) is 9.97 Å². The molecule has 0 amide bonds. The molecule has 0 aliphatic heterocycles. The largest absolute Gasteiger partial charge is 0.490 e. The van der Waals surface area contributed by atoms with Gasteiger partial charge in [0.1, 0.15) is 16.7 Å². The van der Waals surface area contributed by atoms with Crippen molar-refractivity contribution in [2.24, 2.45) is 0 Å². The molecule has 0 radical (unpaired) electrons. The fraction of sp³-hybridized carbons (Fsp3) is 0.412. The number of hydrogen-bond donors (Lipinski definition) is 0. The van der Waals surface area contributed by atoms with Crippen molar-refractivity contribution in [3.05, 3.63) is 41.3 Å². The third kappa shape index (κ3) is 3.94. The highest BCUT2D eigenvalue weighted by atomic mass is 35.5. The van der Waals surface area contributed by atoms with Gasteiger partial charge in [-0.2, -0.15) is 0 Å². The SMILES string of the molecule is CC(C)Oc1ccccc1-c1cc(Cl)nc(C(C)(C)C)n1. The first-order chi connectivity index (χ1) is 9.77. The lowest BCUT2D eigenvalue weighted by atomic mass is 9.95. The number of rotatable bonds is 3. The Bertz CT molecular complexity index is 633. The first-order valence-corrected chi connectivity index (χ1v) is 7.46. The molecule has 0 bridgehead atoms. The zero-order valence-electron chi connectivity index (χ0n) is 13.1. The summed E-state index contributed by atoms with van der Waals surface area (Å²) in [7, 11) is 0. The lowest BCUT2D eigenvalue weighted by molar-refractivity contribution is 0.243. The molecule has 0 saturated carbocycles. The fourth-order valence-corrected chi connectivity index (χ4v) is 2.11. The van der Waals surface area contributed by atoms with Crippen LogP contribution in [0.25, 0.3) is 11.3 Å². The van der Waals surface area contributed by atoms with Crippen LogP contribution in [0.4, 0.5) is 0 Å². The van der Waals surface area contributed by atoms with Gasteiger partial charge in [-0.3, -0.25) is 0 Å². The second-order valence-electron chi connectivity index (χ2n) is 6.31. The maximum Gasteiger partial charge on any atom is 0.136 e. The Kier molecular flexibility index (Phi) is 4.52. The third-order valence-electron chi connectivity index (χ3n) is 2.89. The van der Waals surface area contributed by atoms with Crippen LogP contribution < -0.4 is 4.74 Å². The fourth-order valence-electron chi connectivity index (χ4n) is 1.93. The molecular formula is C17H21ClN2O. The van der Waals surface area contributed by atoms with Crippen molar-refractivity contribution in [2.75, 3.05) is 0 Å². The molecule has 2 aromatic rings. The molecule has 0 aliphatic rings. The average Bonchev–Trinajstić information content (AvgIpc) is 2.37. The van der Waals surface area contributed by atoms with Crippen molar-refractivity contribution in [3.63, 3.8) is 0 Å². The maximum absolute atomic E-state index is 6.17. The Morgan fingerprint density at radius 2 is 1.76 bits per heavy atom. The molecule has 0 unspecified atom stereocenters. The Hall–Kier alpha value is -1.61. The van der Waals surface area contributed by atoms with Crippen molar-refractivity contribution >= 4 is 11.6 Å². The van der Waals surface area contributed by atoms with Crippen molar-refractivity contribution in [3.8, 4) is 17.0 Å². The molecule has 0 spiro atoms. The normalized spacial score (nSPS) is 11.8. The van der Waals surface area contributed by atoms with Crippen LogP contribution in [0.1, 0.15) is 40.4 Å². The van der Waals surface area contributed by atoms with Gasteiger partial charge in [-0.1, -0.05) is 44.5 Å². The third-order valence-corrected chi connectivity index (χ3v) is 3.09. The van der Waals surface area contributed by atoms with Gasteiger partial charge in [-0.15, -0.1) is 0 Å².